The van der Waals surface area contributed by atoms with E-state index < -0.39 is 0 Å². The topological polar surface area (TPSA) is 15.3 Å². The molecule has 1 heterocycles. The van der Waals surface area contributed by atoms with Gasteiger partial charge in [0.15, 0.2) is 0 Å². The third-order valence-electron chi connectivity index (χ3n) is 4.53. The van der Waals surface area contributed by atoms with Crippen LogP contribution in [0.2, 0.25) is 0 Å². The standard InChI is InChI=1S/C20H26N2/c1-3-9-18(10-4-1)15-21-16-20-13-7-8-14-22(20)17-19-11-5-2-6-12-19/h1-6,9-12,20-21H,7-8,13-17H2. The van der Waals surface area contributed by atoms with Crippen LogP contribution in [0.25, 0.3) is 0 Å². The quantitative estimate of drug-likeness (QED) is 0.871. The van der Waals surface area contributed by atoms with Gasteiger partial charge in [-0.15, -0.1) is 0 Å². The number of hydrogen-bond acceptors (Lipinski definition) is 2. The molecule has 3 rings (SSSR count). The number of nitrogens with one attached hydrogen (secondary N) is 1. The van der Waals surface area contributed by atoms with E-state index in [1.807, 2.05) is 0 Å². The van der Waals surface area contributed by atoms with Crippen LogP contribution in [0.3, 0.4) is 0 Å². The van der Waals surface area contributed by atoms with Crippen molar-refractivity contribution in [3.8, 4) is 0 Å². The highest BCUT2D eigenvalue weighted by molar-refractivity contribution is 5.15. The van der Waals surface area contributed by atoms with E-state index >= 15 is 0 Å². The van der Waals surface area contributed by atoms with Gasteiger partial charge in [-0.2, -0.15) is 0 Å². The van der Waals surface area contributed by atoms with Gasteiger partial charge >= 0.3 is 0 Å². The van der Waals surface area contributed by atoms with E-state index in [0.29, 0.717) is 6.04 Å². The number of likely N-dealkylation sites (tertiary alicyclic amines) is 1. The Bertz CT molecular complexity index is 538. The van der Waals surface area contributed by atoms with Crippen molar-refractivity contribution in [3.05, 3.63) is 71.8 Å². The Morgan fingerprint density at radius 1 is 0.864 bits per heavy atom. The van der Waals surface area contributed by atoms with E-state index in [1.165, 1.54) is 36.9 Å². The van der Waals surface area contributed by atoms with E-state index in [2.05, 4.69) is 70.9 Å². The smallest absolute Gasteiger partial charge is 0.0237 e. The molecule has 0 aliphatic carbocycles. The van der Waals surface area contributed by atoms with E-state index in [1.54, 1.807) is 0 Å². The molecule has 1 aliphatic rings. The first-order valence-corrected chi connectivity index (χ1v) is 8.44. The second-order valence-corrected chi connectivity index (χ2v) is 6.22. The molecule has 0 spiro atoms. The second kappa shape index (κ2) is 8.11. The molecule has 1 aliphatic heterocycles. The maximum Gasteiger partial charge on any atom is 0.0237 e. The Labute approximate surface area is 134 Å². The molecule has 0 bridgehead atoms. The van der Waals surface area contributed by atoms with Gasteiger partial charge in [0, 0.05) is 25.7 Å². The van der Waals surface area contributed by atoms with Crippen LogP contribution in [0.1, 0.15) is 30.4 Å². The molecule has 1 fully saturated rings. The summed E-state index contributed by atoms with van der Waals surface area (Å²) in [6.45, 7) is 4.36. The van der Waals surface area contributed by atoms with Crippen molar-refractivity contribution < 1.29 is 0 Å². The lowest BCUT2D eigenvalue weighted by Crippen LogP contribution is -2.44. The number of nitrogens with zero attached hydrogens (tertiary/aromatic N) is 1. The molecular formula is C20H26N2. The summed E-state index contributed by atoms with van der Waals surface area (Å²) in [7, 11) is 0. The highest BCUT2D eigenvalue weighted by Gasteiger charge is 2.21. The first-order valence-electron chi connectivity index (χ1n) is 8.44. The van der Waals surface area contributed by atoms with Crippen molar-refractivity contribution in [1.82, 2.24) is 10.2 Å². The summed E-state index contributed by atoms with van der Waals surface area (Å²) in [4.78, 5) is 2.65. The Hall–Kier alpha value is -1.64. The summed E-state index contributed by atoms with van der Waals surface area (Å²) in [6, 6.07) is 22.2. The Morgan fingerprint density at radius 3 is 2.27 bits per heavy atom. The fraction of sp³-hybridized carbons (Fsp3) is 0.400. The maximum absolute atomic E-state index is 3.65. The highest BCUT2D eigenvalue weighted by Crippen LogP contribution is 2.19. The second-order valence-electron chi connectivity index (χ2n) is 6.22. The SMILES string of the molecule is c1ccc(CNCC2CCCCN2Cc2ccccc2)cc1. The number of benzene rings is 2. The molecule has 116 valence electrons. The first-order chi connectivity index (χ1) is 10.9. The molecule has 1 N–H and O–H groups in total. The zero-order chi connectivity index (χ0) is 15.0. The summed E-state index contributed by atoms with van der Waals surface area (Å²) in [5, 5.41) is 3.65. The van der Waals surface area contributed by atoms with Crippen molar-refractivity contribution in [1.29, 1.82) is 0 Å². The first kappa shape index (κ1) is 15.3. The average Bonchev–Trinajstić information content (AvgIpc) is 2.58. The minimum atomic E-state index is 0.665. The molecule has 2 heteroatoms. The van der Waals surface area contributed by atoms with Crippen LogP contribution in [0.5, 0.6) is 0 Å². The Kier molecular flexibility index (Phi) is 5.63. The van der Waals surface area contributed by atoms with E-state index in [9.17, 15) is 0 Å². The van der Waals surface area contributed by atoms with E-state index in [-0.39, 0.29) is 0 Å². The predicted octanol–water partition coefficient (Wildman–Crippen LogP) is 3.83. The molecule has 0 saturated carbocycles. The van der Waals surface area contributed by atoms with Crippen molar-refractivity contribution >= 4 is 0 Å². The molecular weight excluding hydrogens is 268 g/mol. The summed E-state index contributed by atoms with van der Waals surface area (Å²) in [5.41, 5.74) is 2.80. The van der Waals surface area contributed by atoms with Crippen LogP contribution in [-0.4, -0.2) is 24.0 Å². The average molecular weight is 294 g/mol. The van der Waals surface area contributed by atoms with Gasteiger partial charge in [0.05, 0.1) is 0 Å². The zero-order valence-corrected chi connectivity index (χ0v) is 13.2. The molecule has 22 heavy (non-hydrogen) atoms. The summed E-state index contributed by atoms with van der Waals surface area (Å²) in [6.07, 6.45) is 4.01. The van der Waals surface area contributed by atoms with Gasteiger partial charge in [-0.3, -0.25) is 4.90 Å². The molecule has 1 atom stereocenters. The zero-order valence-electron chi connectivity index (χ0n) is 13.2. The van der Waals surface area contributed by atoms with E-state index in [4.69, 9.17) is 0 Å². The Morgan fingerprint density at radius 2 is 1.55 bits per heavy atom. The fourth-order valence-electron chi connectivity index (χ4n) is 3.30. The highest BCUT2D eigenvalue weighted by atomic mass is 15.2. The molecule has 0 aromatic heterocycles. The van der Waals surface area contributed by atoms with Crippen LogP contribution in [0.15, 0.2) is 60.7 Å². The summed E-state index contributed by atoms with van der Waals surface area (Å²) < 4.78 is 0. The monoisotopic (exact) mass is 294 g/mol. The minimum absolute atomic E-state index is 0.665. The lowest BCUT2D eigenvalue weighted by Gasteiger charge is -2.36. The van der Waals surface area contributed by atoms with Crippen LogP contribution in [0, 0.1) is 0 Å². The lowest BCUT2D eigenvalue weighted by molar-refractivity contribution is 0.137. The number of piperidine rings is 1. The molecule has 0 radical (unpaired) electrons. The van der Waals surface area contributed by atoms with Crippen LogP contribution < -0.4 is 5.32 Å². The Balaban J connectivity index is 1.51. The van der Waals surface area contributed by atoms with E-state index in [0.717, 1.165) is 19.6 Å². The number of hydrogen-bond donors (Lipinski definition) is 1. The van der Waals surface area contributed by atoms with Gasteiger partial charge in [-0.05, 0) is 30.5 Å². The van der Waals surface area contributed by atoms with Crippen molar-refractivity contribution in [2.45, 2.75) is 38.4 Å². The third-order valence-corrected chi connectivity index (χ3v) is 4.53. The van der Waals surface area contributed by atoms with Gasteiger partial charge in [0.1, 0.15) is 0 Å². The molecule has 0 amide bonds. The van der Waals surface area contributed by atoms with Crippen LogP contribution >= 0.6 is 0 Å². The normalized spacial score (nSPS) is 19.2. The molecule has 1 unspecified atom stereocenters. The molecule has 2 aromatic carbocycles. The molecule has 2 aromatic rings. The van der Waals surface area contributed by atoms with Gasteiger partial charge < -0.3 is 5.32 Å². The number of rotatable bonds is 6. The fourth-order valence-corrected chi connectivity index (χ4v) is 3.30. The predicted molar refractivity (Wildman–Crippen MR) is 92.6 cm³/mol. The summed E-state index contributed by atoms with van der Waals surface area (Å²) >= 11 is 0. The van der Waals surface area contributed by atoms with Crippen molar-refractivity contribution in [3.63, 3.8) is 0 Å². The molecule has 1 saturated heterocycles. The van der Waals surface area contributed by atoms with Gasteiger partial charge in [-0.25, -0.2) is 0 Å². The largest absolute Gasteiger partial charge is 0.311 e. The van der Waals surface area contributed by atoms with Gasteiger partial charge in [-0.1, -0.05) is 67.1 Å². The van der Waals surface area contributed by atoms with Gasteiger partial charge in [0.25, 0.3) is 0 Å². The third kappa shape index (κ3) is 4.43. The van der Waals surface area contributed by atoms with Crippen LogP contribution in [0.4, 0.5) is 0 Å². The van der Waals surface area contributed by atoms with Gasteiger partial charge in [0.2, 0.25) is 0 Å². The summed E-state index contributed by atoms with van der Waals surface area (Å²) in [5.74, 6) is 0. The van der Waals surface area contributed by atoms with Crippen molar-refractivity contribution in [2.24, 2.45) is 0 Å². The maximum atomic E-state index is 3.65. The molecule has 2 nitrogen and oxygen atoms in total. The van der Waals surface area contributed by atoms with Crippen molar-refractivity contribution in [2.75, 3.05) is 13.1 Å². The lowest BCUT2D eigenvalue weighted by atomic mass is 10.0. The minimum Gasteiger partial charge on any atom is -0.311 e. The van der Waals surface area contributed by atoms with Crippen LogP contribution in [-0.2, 0) is 13.1 Å².